The molecule has 1 aromatic carbocycles. The van der Waals surface area contributed by atoms with Crippen molar-refractivity contribution < 1.29 is 9.90 Å². The summed E-state index contributed by atoms with van der Waals surface area (Å²) in [4.78, 5) is 20.9. The van der Waals surface area contributed by atoms with Crippen molar-refractivity contribution in [2.75, 3.05) is 39.3 Å². The molecule has 4 rings (SSSR count). The molecule has 6 nitrogen and oxygen atoms in total. The predicted octanol–water partition coefficient (Wildman–Crippen LogP) is 2.94. The minimum atomic E-state index is -0.0568. The zero-order valence-corrected chi connectivity index (χ0v) is 16.6. The molecule has 0 spiro atoms. The van der Waals surface area contributed by atoms with E-state index in [1.807, 2.05) is 12.1 Å². The minimum absolute atomic E-state index is 0.0568. The number of hydrogen-bond acceptors (Lipinski definition) is 4. The van der Waals surface area contributed by atoms with Crippen molar-refractivity contribution in [2.45, 2.75) is 44.6 Å². The van der Waals surface area contributed by atoms with Gasteiger partial charge in [-0.05, 0) is 57.0 Å². The fourth-order valence-corrected chi connectivity index (χ4v) is 4.44. The molecule has 2 aromatic rings. The third kappa shape index (κ3) is 4.86. The van der Waals surface area contributed by atoms with Crippen LogP contribution in [0.3, 0.4) is 0 Å². The summed E-state index contributed by atoms with van der Waals surface area (Å²) in [5, 5.41) is 13.7. The number of fused-ring (bicyclic) bond motifs is 1. The first kappa shape index (κ1) is 19.3. The second-order valence-corrected chi connectivity index (χ2v) is 8.30. The molecule has 3 N–H and O–H groups in total. The Morgan fingerprint density at radius 3 is 2.39 bits per heavy atom. The van der Waals surface area contributed by atoms with Gasteiger partial charge in [-0.2, -0.15) is 0 Å². The van der Waals surface area contributed by atoms with Crippen molar-refractivity contribution in [3.8, 4) is 5.75 Å². The highest BCUT2D eigenvalue weighted by molar-refractivity contribution is 5.98. The third-order valence-corrected chi connectivity index (χ3v) is 6.20. The monoisotopic (exact) mass is 384 g/mol. The molecule has 0 saturated carbocycles. The molecule has 3 heterocycles. The Morgan fingerprint density at radius 2 is 1.68 bits per heavy atom. The molecule has 0 aliphatic carbocycles. The number of carbonyl (C=O) groups is 1. The molecule has 0 radical (unpaired) electrons. The summed E-state index contributed by atoms with van der Waals surface area (Å²) in [6, 6.07) is 7.19. The maximum atomic E-state index is 12.6. The average Bonchev–Trinajstić information content (AvgIpc) is 2.94. The number of carbonyl (C=O) groups excluding carboxylic acids is 1. The van der Waals surface area contributed by atoms with Crippen LogP contribution in [0.2, 0.25) is 0 Å². The van der Waals surface area contributed by atoms with Gasteiger partial charge in [0.1, 0.15) is 11.4 Å². The third-order valence-electron chi connectivity index (χ3n) is 6.20. The van der Waals surface area contributed by atoms with Gasteiger partial charge in [0.25, 0.3) is 5.91 Å². The Bertz CT molecular complexity index is 787. The van der Waals surface area contributed by atoms with Gasteiger partial charge in [0.2, 0.25) is 0 Å². The van der Waals surface area contributed by atoms with Crippen molar-refractivity contribution in [1.29, 1.82) is 0 Å². The van der Waals surface area contributed by atoms with E-state index >= 15 is 0 Å². The van der Waals surface area contributed by atoms with Crippen LogP contribution in [-0.2, 0) is 0 Å². The number of benzene rings is 1. The summed E-state index contributed by atoms with van der Waals surface area (Å²) in [6.07, 6.45) is 7.49. The molecule has 28 heavy (non-hydrogen) atoms. The molecular weight excluding hydrogens is 352 g/mol. The molecule has 2 saturated heterocycles. The molecule has 0 atom stereocenters. The van der Waals surface area contributed by atoms with Crippen molar-refractivity contribution >= 4 is 16.8 Å². The van der Waals surface area contributed by atoms with Crippen LogP contribution in [0.4, 0.5) is 0 Å². The summed E-state index contributed by atoms with van der Waals surface area (Å²) in [7, 11) is 0. The van der Waals surface area contributed by atoms with Gasteiger partial charge in [-0.25, -0.2) is 0 Å². The average molecular weight is 385 g/mol. The number of rotatable bonds is 5. The molecule has 1 aromatic heterocycles. The number of phenols is 1. The fraction of sp³-hybridized carbons (Fsp3) is 0.591. The standard InChI is InChI=1S/C22H32N4O2/c27-19-6-5-17-15-21(24-20(17)16-19)22(28)23-18-7-11-26(12-8-18)14-13-25-9-3-1-2-4-10-25/h5-6,15-16,18,24,27H,1-4,7-14H2,(H,23,28). The van der Waals surface area contributed by atoms with Crippen LogP contribution >= 0.6 is 0 Å². The minimum Gasteiger partial charge on any atom is -0.508 e. The maximum Gasteiger partial charge on any atom is 0.267 e. The van der Waals surface area contributed by atoms with E-state index < -0.39 is 0 Å². The first-order valence-electron chi connectivity index (χ1n) is 10.7. The number of aromatic hydroxyl groups is 1. The van der Waals surface area contributed by atoms with Crippen LogP contribution in [-0.4, -0.2) is 71.1 Å². The van der Waals surface area contributed by atoms with Crippen molar-refractivity contribution in [2.24, 2.45) is 0 Å². The number of aromatic nitrogens is 1. The van der Waals surface area contributed by atoms with Crippen molar-refractivity contribution in [1.82, 2.24) is 20.1 Å². The normalized spacial score (nSPS) is 20.3. The van der Waals surface area contributed by atoms with E-state index in [1.165, 1.54) is 45.3 Å². The van der Waals surface area contributed by atoms with E-state index in [1.54, 1.807) is 12.1 Å². The van der Waals surface area contributed by atoms with Crippen molar-refractivity contribution in [3.05, 3.63) is 30.0 Å². The number of aromatic amines is 1. The lowest BCUT2D eigenvalue weighted by Crippen LogP contribution is -2.46. The highest BCUT2D eigenvalue weighted by Crippen LogP contribution is 2.21. The highest BCUT2D eigenvalue weighted by Gasteiger charge is 2.22. The van der Waals surface area contributed by atoms with Crippen molar-refractivity contribution in [3.63, 3.8) is 0 Å². The molecule has 152 valence electrons. The zero-order chi connectivity index (χ0) is 19.3. The molecule has 2 aliphatic heterocycles. The smallest absolute Gasteiger partial charge is 0.267 e. The molecule has 0 unspecified atom stereocenters. The van der Waals surface area contributed by atoms with Gasteiger partial charge in [-0.15, -0.1) is 0 Å². The molecule has 2 aliphatic rings. The highest BCUT2D eigenvalue weighted by atomic mass is 16.3. The number of hydrogen-bond donors (Lipinski definition) is 3. The van der Waals surface area contributed by atoms with Gasteiger partial charge in [0.15, 0.2) is 0 Å². The largest absolute Gasteiger partial charge is 0.508 e. The SMILES string of the molecule is O=C(NC1CCN(CCN2CCCCCC2)CC1)c1cc2ccc(O)cc2[nH]1. The first-order chi connectivity index (χ1) is 13.7. The quantitative estimate of drug-likeness (QED) is 0.741. The van der Waals surface area contributed by atoms with E-state index in [0.717, 1.165) is 43.4 Å². The van der Waals surface area contributed by atoms with Gasteiger partial charge < -0.3 is 25.2 Å². The van der Waals surface area contributed by atoms with Crippen LogP contribution in [0.25, 0.3) is 10.9 Å². The second kappa shape index (κ2) is 8.97. The molecule has 0 bridgehead atoms. The Hall–Kier alpha value is -2.05. The number of H-pyrrole nitrogens is 1. The van der Waals surface area contributed by atoms with Crippen LogP contribution < -0.4 is 5.32 Å². The summed E-state index contributed by atoms with van der Waals surface area (Å²) < 4.78 is 0. The summed E-state index contributed by atoms with van der Waals surface area (Å²) >= 11 is 0. The number of phenolic OH excluding ortho intramolecular Hbond substituents is 1. The first-order valence-corrected chi connectivity index (χ1v) is 10.7. The number of nitrogens with zero attached hydrogens (tertiary/aromatic N) is 2. The van der Waals surface area contributed by atoms with Crippen LogP contribution in [0.15, 0.2) is 24.3 Å². The topological polar surface area (TPSA) is 71.6 Å². The fourth-order valence-electron chi connectivity index (χ4n) is 4.44. The second-order valence-electron chi connectivity index (χ2n) is 8.30. The lowest BCUT2D eigenvalue weighted by atomic mass is 10.0. The predicted molar refractivity (Wildman–Crippen MR) is 112 cm³/mol. The van der Waals surface area contributed by atoms with Crippen LogP contribution in [0.1, 0.15) is 49.0 Å². The summed E-state index contributed by atoms with van der Waals surface area (Å²) in [5.74, 6) is 0.146. The number of likely N-dealkylation sites (tertiary alicyclic amines) is 2. The molecule has 2 fully saturated rings. The molecule has 6 heteroatoms. The van der Waals surface area contributed by atoms with E-state index in [2.05, 4.69) is 20.1 Å². The van der Waals surface area contributed by atoms with Crippen LogP contribution in [0.5, 0.6) is 5.75 Å². The summed E-state index contributed by atoms with van der Waals surface area (Å²) in [6.45, 7) is 6.95. The van der Waals surface area contributed by atoms with Gasteiger partial charge in [0, 0.05) is 49.2 Å². The van der Waals surface area contributed by atoms with Crippen LogP contribution in [0, 0.1) is 0 Å². The van der Waals surface area contributed by atoms with E-state index in [4.69, 9.17) is 0 Å². The number of nitrogens with one attached hydrogen (secondary N) is 2. The maximum absolute atomic E-state index is 12.6. The van der Waals surface area contributed by atoms with E-state index in [0.29, 0.717) is 5.69 Å². The Kier molecular flexibility index (Phi) is 6.17. The number of piperidine rings is 1. The van der Waals surface area contributed by atoms with Gasteiger partial charge >= 0.3 is 0 Å². The van der Waals surface area contributed by atoms with Gasteiger partial charge in [-0.3, -0.25) is 4.79 Å². The van der Waals surface area contributed by atoms with E-state index in [9.17, 15) is 9.90 Å². The lowest BCUT2D eigenvalue weighted by Gasteiger charge is -2.33. The molecular formula is C22H32N4O2. The molecule has 1 amide bonds. The lowest BCUT2D eigenvalue weighted by molar-refractivity contribution is 0.0902. The zero-order valence-electron chi connectivity index (χ0n) is 16.6. The Labute approximate surface area is 166 Å². The van der Waals surface area contributed by atoms with Gasteiger partial charge in [0.05, 0.1) is 0 Å². The van der Waals surface area contributed by atoms with E-state index in [-0.39, 0.29) is 17.7 Å². The Balaban J connectivity index is 1.22. The van der Waals surface area contributed by atoms with Gasteiger partial charge in [-0.1, -0.05) is 12.8 Å². The summed E-state index contributed by atoms with van der Waals surface area (Å²) in [5.41, 5.74) is 1.35. The Morgan fingerprint density at radius 1 is 1.00 bits per heavy atom. The number of amides is 1.